The van der Waals surface area contributed by atoms with Gasteiger partial charge in [-0.3, -0.25) is 4.79 Å². The van der Waals surface area contributed by atoms with Crippen LogP contribution in [0.4, 0.5) is 0 Å². The van der Waals surface area contributed by atoms with E-state index in [-0.39, 0.29) is 26.2 Å². The van der Waals surface area contributed by atoms with E-state index in [0.717, 1.165) is 17.2 Å². The van der Waals surface area contributed by atoms with E-state index in [1.165, 1.54) is 5.56 Å². The summed E-state index contributed by atoms with van der Waals surface area (Å²) in [6.07, 6.45) is 4.86. The first-order valence-corrected chi connectivity index (χ1v) is 11.2. The number of hydrogen-bond donors (Lipinski definition) is 0. The number of nitrogens with zero attached hydrogens (tertiary/aromatic N) is 2. The summed E-state index contributed by atoms with van der Waals surface area (Å²) >= 11 is 0. The van der Waals surface area contributed by atoms with Crippen LogP contribution in [-0.2, 0) is 24.0 Å². The van der Waals surface area contributed by atoms with E-state index < -0.39 is 11.9 Å². The molecule has 0 saturated heterocycles. The fourth-order valence-corrected chi connectivity index (χ4v) is 2.60. The quantitative estimate of drug-likeness (QED) is 0.0935. The summed E-state index contributed by atoms with van der Waals surface area (Å²) in [5.74, 6) is -0.0943. The van der Waals surface area contributed by atoms with Crippen molar-refractivity contribution in [2.75, 3.05) is 26.4 Å². The molecule has 2 aromatic carbocycles. The van der Waals surface area contributed by atoms with Gasteiger partial charge in [0.15, 0.2) is 5.75 Å². The van der Waals surface area contributed by atoms with E-state index in [2.05, 4.69) is 16.8 Å². The second-order valence-corrected chi connectivity index (χ2v) is 7.14. The largest absolute Gasteiger partial charge is 0.490 e. The lowest BCUT2D eigenvalue weighted by Gasteiger charge is -2.11. The first-order chi connectivity index (χ1) is 17.0. The van der Waals surface area contributed by atoms with Gasteiger partial charge in [-0.25, -0.2) is 4.79 Å². The van der Waals surface area contributed by atoms with Crippen molar-refractivity contribution in [3.05, 3.63) is 71.8 Å². The topological polar surface area (TPSA) is 105 Å². The standard InChI is InChI=1S/C26H30N2O7/c1-4-25(29)32-15-16-33-26(30)7-6-14-34-35-23-13-12-22(17-24(23)31-5-2)19-28-27-18-21-10-8-20(3)9-11-21/h4,8-13,17-19H,1,5-7,14-16H2,2-3H3/b27-18+,28-19+. The van der Waals surface area contributed by atoms with Gasteiger partial charge in [0.1, 0.15) is 13.2 Å². The smallest absolute Gasteiger partial charge is 0.330 e. The molecule has 0 aliphatic rings. The number of benzene rings is 2. The first-order valence-electron chi connectivity index (χ1n) is 11.2. The Balaban J connectivity index is 1.75. The zero-order valence-electron chi connectivity index (χ0n) is 20.0. The van der Waals surface area contributed by atoms with Gasteiger partial charge in [-0.05, 0) is 49.6 Å². The second kappa shape index (κ2) is 15.8. The van der Waals surface area contributed by atoms with Gasteiger partial charge in [0.25, 0.3) is 0 Å². The van der Waals surface area contributed by atoms with E-state index >= 15 is 0 Å². The molecule has 0 fully saturated rings. The van der Waals surface area contributed by atoms with Crippen LogP contribution < -0.4 is 9.62 Å². The first kappa shape index (κ1) is 27.3. The van der Waals surface area contributed by atoms with Crippen molar-refractivity contribution in [3.63, 3.8) is 0 Å². The predicted molar refractivity (Wildman–Crippen MR) is 132 cm³/mol. The molecule has 0 N–H and O–H groups in total. The Morgan fingerprint density at radius 1 is 0.914 bits per heavy atom. The fourth-order valence-electron chi connectivity index (χ4n) is 2.60. The highest BCUT2D eigenvalue weighted by molar-refractivity contribution is 5.83. The van der Waals surface area contributed by atoms with Gasteiger partial charge in [-0.15, -0.1) is 0 Å². The lowest BCUT2D eigenvalue weighted by Crippen LogP contribution is -2.13. The Bertz CT molecular complexity index is 1020. The van der Waals surface area contributed by atoms with Crippen LogP contribution in [0.25, 0.3) is 0 Å². The fraction of sp³-hybridized carbons (Fsp3) is 0.308. The second-order valence-electron chi connectivity index (χ2n) is 7.14. The molecule has 9 heteroatoms. The Morgan fingerprint density at radius 3 is 2.31 bits per heavy atom. The molecule has 2 rings (SSSR count). The Morgan fingerprint density at radius 2 is 1.60 bits per heavy atom. The summed E-state index contributed by atoms with van der Waals surface area (Å²) in [7, 11) is 0. The van der Waals surface area contributed by atoms with Gasteiger partial charge >= 0.3 is 11.9 Å². The molecule has 9 nitrogen and oxygen atoms in total. The number of carbonyl (C=O) groups is 2. The maximum Gasteiger partial charge on any atom is 0.330 e. The van der Waals surface area contributed by atoms with Crippen LogP contribution in [0.2, 0.25) is 0 Å². The van der Waals surface area contributed by atoms with Crippen molar-refractivity contribution in [1.29, 1.82) is 0 Å². The van der Waals surface area contributed by atoms with Crippen molar-refractivity contribution in [1.82, 2.24) is 0 Å². The van der Waals surface area contributed by atoms with E-state index in [0.29, 0.717) is 24.5 Å². The zero-order valence-corrected chi connectivity index (χ0v) is 20.0. The molecular formula is C26H30N2O7. The van der Waals surface area contributed by atoms with E-state index in [1.807, 2.05) is 38.1 Å². The third-order valence-electron chi connectivity index (χ3n) is 4.34. The minimum Gasteiger partial charge on any atom is -0.490 e. The van der Waals surface area contributed by atoms with Crippen LogP contribution in [0.15, 0.2) is 65.3 Å². The monoisotopic (exact) mass is 482 g/mol. The highest BCUT2D eigenvalue weighted by Gasteiger charge is 2.08. The predicted octanol–water partition coefficient (Wildman–Crippen LogP) is 4.21. The molecule has 0 unspecified atom stereocenters. The SMILES string of the molecule is C=CC(=O)OCCOC(=O)CCCOOc1ccc(/C=N/N=C/c2ccc(C)cc2)cc1OCC. The van der Waals surface area contributed by atoms with Crippen LogP contribution in [-0.4, -0.2) is 50.8 Å². The number of aryl methyl sites for hydroxylation is 1. The lowest BCUT2D eigenvalue weighted by atomic mass is 10.2. The highest BCUT2D eigenvalue weighted by atomic mass is 17.2. The molecule has 0 aromatic heterocycles. The number of esters is 2. The molecular weight excluding hydrogens is 452 g/mol. The van der Waals surface area contributed by atoms with Crippen LogP contribution in [0.5, 0.6) is 11.5 Å². The summed E-state index contributed by atoms with van der Waals surface area (Å²) in [6, 6.07) is 13.2. The molecule has 0 aliphatic heterocycles. The maximum atomic E-state index is 11.6. The average Bonchev–Trinajstić information content (AvgIpc) is 2.86. The number of ether oxygens (including phenoxy) is 3. The van der Waals surface area contributed by atoms with Crippen molar-refractivity contribution in [2.24, 2.45) is 10.2 Å². The van der Waals surface area contributed by atoms with Crippen molar-refractivity contribution < 1.29 is 33.6 Å². The highest BCUT2D eigenvalue weighted by Crippen LogP contribution is 2.28. The van der Waals surface area contributed by atoms with Crippen molar-refractivity contribution in [2.45, 2.75) is 26.7 Å². The van der Waals surface area contributed by atoms with Crippen molar-refractivity contribution >= 4 is 24.4 Å². The summed E-state index contributed by atoms with van der Waals surface area (Å²) in [5.41, 5.74) is 2.93. The molecule has 2 aromatic rings. The molecule has 0 saturated carbocycles. The van der Waals surface area contributed by atoms with Crippen molar-refractivity contribution in [3.8, 4) is 11.5 Å². The average molecular weight is 483 g/mol. The lowest BCUT2D eigenvalue weighted by molar-refractivity contribution is -0.208. The van der Waals surface area contributed by atoms with Crippen LogP contribution >= 0.6 is 0 Å². The Hall–Kier alpha value is -3.98. The van der Waals surface area contributed by atoms with Gasteiger partial charge in [0, 0.05) is 12.5 Å². The Labute approximate surface area is 204 Å². The third kappa shape index (κ3) is 11.1. The molecule has 0 amide bonds. The number of rotatable bonds is 15. The molecule has 186 valence electrons. The van der Waals surface area contributed by atoms with Gasteiger partial charge in [0.2, 0.25) is 5.75 Å². The van der Waals surface area contributed by atoms with Crippen LogP contribution in [0.1, 0.15) is 36.5 Å². The normalized spacial score (nSPS) is 10.9. The minimum absolute atomic E-state index is 0.0135. The summed E-state index contributed by atoms with van der Waals surface area (Å²) < 4.78 is 15.3. The molecule has 0 aliphatic carbocycles. The summed E-state index contributed by atoms with van der Waals surface area (Å²) in [6.45, 7) is 7.74. The van der Waals surface area contributed by atoms with Gasteiger partial charge < -0.3 is 19.1 Å². The molecule has 0 bridgehead atoms. The van der Waals surface area contributed by atoms with E-state index in [4.69, 9.17) is 24.0 Å². The van der Waals surface area contributed by atoms with E-state index in [9.17, 15) is 9.59 Å². The Kier molecular flexibility index (Phi) is 12.3. The molecule has 0 radical (unpaired) electrons. The molecule has 0 atom stereocenters. The van der Waals surface area contributed by atoms with Crippen LogP contribution in [0.3, 0.4) is 0 Å². The molecule has 0 spiro atoms. The summed E-state index contributed by atoms with van der Waals surface area (Å²) in [5, 5.41) is 8.14. The summed E-state index contributed by atoms with van der Waals surface area (Å²) in [4.78, 5) is 33.1. The number of carbonyl (C=O) groups excluding carboxylic acids is 2. The maximum absolute atomic E-state index is 11.6. The minimum atomic E-state index is -0.565. The molecule has 35 heavy (non-hydrogen) atoms. The molecule has 0 heterocycles. The third-order valence-corrected chi connectivity index (χ3v) is 4.34. The van der Waals surface area contributed by atoms with Gasteiger partial charge in [-0.1, -0.05) is 36.4 Å². The van der Waals surface area contributed by atoms with E-state index in [1.54, 1.807) is 30.6 Å². The zero-order chi connectivity index (χ0) is 25.3. The van der Waals surface area contributed by atoms with Crippen LogP contribution in [0, 0.1) is 6.92 Å². The number of hydrogen-bond acceptors (Lipinski definition) is 9. The van der Waals surface area contributed by atoms with Gasteiger partial charge in [-0.2, -0.15) is 15.1 Å². The van der Waals surface area contributed by atoms with Gasteiger partial charge in [0.05, 0.1) is 25.6 Å².